The molecule has 1 saturated heterocycles. The van der Waals surface area contributed by atoms with Gasteiger partial charge in [0.05, 0.1) is 27.2 Å². The topological polar surface area (TPSA) is 67.2 Å². The summed E-state index contributed by atoms with van der Waals surface area (Å²) in [4.78, 5) is 29.0. The number of carbonyl (C=O) groups excluding carboxylic acids is 2. The van der Waals surface area contributed by atoms with Crippen molar-refractivity contribution < 1.29 is 9.59 Å². The number of aromatic nitrogens is 2. The van der Waals surface area contributed by atoms with E-state index in [1.807, 2.05) is 53.8 Å². The van der Waals surface area contributed by atoms with Gasteiger partial charge in [-0.2, -0.15) is 5.10 Å². The number of likely N-dealkylation sites (tertiary alicyclic amines) is 1. The fraction of sp³-hybridized carbons (Fsp3) is 0.409. The third-order valence-corrected chi connectivity index (χ3v) is 6.88. The van der Waals surface area contributed by atoms with E-state index in [0.717, 1.165) is 40.9 Å². The molecule has 3 heterocycles. The predicted octanol–water partition coefficient (Wildman–Crippen LogP) is 4.43. The van der Waals surface area contributed by atoms with Crippen LogP contribution < -0.4 is 5.32 Å². The Morgan fingerprint density at radius 2 is 2.13 bits per heavy atom. The lowest BCUT2D eigenvalue weighted by Gasteiger charge is -2.31. The molecule has 0 spiro atoms. The Bertz CT molecular complexity index is 1090. The van der Waals surface area contributed by atoms with Crippen molar-refractivity contribution in [3.05, 3.63) is 45.9 Å². The highest BCUT2D eigenvalue weighted by Crippen LogP contribution is 2.33. The van der Waals surface area contributed by atoms with Crippen LogP contribution in [0.2, 0.25) is 5.02 Å². The number of fused-ring (bicyclic) bond motifs is 1. The van der Waals surface area contributed by atoms with Crippen LogP contribution in [-0.2, 0) is 4.79 Å². The molecule has 0 bridgehead atoms. The number of hydrogen-bond donors (Lipinski definition) is 1. The Morgan fingerprint density at radius 1 is 1.33 bits per heavy atom. The van der Waals surface area contributed by atoms with E-state index in [2.05, 4.69) is 10.4 Å². The molecule has 1 fully saturated rings. The molecular weight excluding hydrogens is 420 g/mol. The number of nitrogens with zero attached hydrogens (tertiary/aromatic N) is 3. The van der Waals surface area contributed by atoms with Crippen LogP contribution in [0.3, 0.4) is 0 Å². The summed E-state index contributed by atoms with van der Waals surface area (Å²) in [5, 5.41) is 9.15. The predicted molar refractivity (Wildman–Crippen MR) is 121 cm³/mol. The number of thiophene rings is 1. The van der Waals surface area contributed by atoms with E-state index in [9.17, 15) is 9.59 Å². The first-order valence-corrected chi connectivity index (χ1v) is 11.5. The van der Waals surface area contributed by atoms with Crippen molar-refractivity contribution in [1.29, 1.82) is 0 Å². The molecule has 6 nitrogen and oxygen atoms in total. The quantitative estimate of drug-likeness (QED) is 0.633. The fourth-order valence-electron chi connectivity index (χ4n) is 3.86. The molecule has 1 unspecified atom stereocenters. The van der Waals surface area contributed by atoms with Crippen LogP contribution in [0.4, 0.5) is 0 Å². The van der Waals surface area contributed by atoms with E-state index in [0.29, 0.717) is 29.5 Å². The molecule has 0 saturated carbocycles. The zero-order valence-corrected chi connectivity index (χ0v) is 18.7. The van der Waals surface area contributed by atoms with E-state index < -0.39 is 0 Å². The number of aryl methyl sites for hydroxylation is 1. The van der Waals surface area contributed by atoms with Gasteiger partial charge >= 0.3 is 0 Å². The van der Waals surface area contributed by atoms with E-state index in [1.165, 1.54) is 11.3 Å². The van der Waals surface area contributed by atoms with Gasteiger partial charge in [-0.05, 0) is 44.4 Å². The number of amides is 2. The molecule has 1 aromatic carbocycles. The summed E-state index contributed by atoms with van der Waals surface area (Å²) in [5.41, 5.74) is 1.65. The average molecular weight is 445 g/mol. The van der Waals surface area contributed by atoms with Crippen LogP contribution in [0.15, 0.2) is 30.3 Å². The molecule has 4 rings (SSSR count). The molecule has 8 heteroatoms. The Hall–Kier alpha value is -2.38. The lowest BCUT2D eigenvalue weighted by molar-refractivity contribution is -0.126. The van der Waals surface area contributed by atoms with Gasteiger partial charge in [0, 0.05) is 25.0 Å². The van der Waals surface area contributed by atoms with Crippen molar-refractivity contribution in [3.8, 4) is 5.69 Å². The highest BCUT2D eigenvalue weighted by Gasteiger charge is 2.30. The third-order valence-electron chi connectivity index (χ3n) is 5.46. The molecule has 2 amide bonds. The molecule has 1 N–H and O–H groups in total. The number of halogens is 1. The number of benzene rings is 1. The smallest absolute Gasteiger partial charge is 0.264 e. The molecule has 2 aromatic heterocycles. The zero-order chi connectivity index (χ0) is 21.3. The fourth-order valence-corrected chi connectivity index (χ4v) is 5.22. The minimum absolute atomic E-state index is 0.0192. The molecule has 3 aromatic rings. The van der Waals surface area contributed by atoms with Gasteiger partial charge in [0.15, 0.2) is 0 Å². The number of nitrogens with one attached hydrogen (secondary N) is 1. The average Bonchev–Trinajstić information content (AvgIpc) is 3.32. The van der Waals surface area contributed by atoms with Crippen LogP contribution in [-0.4, -0.2) is 46.1 Å². The van der Waals surface area contributed by atoms with Crippen molar-refractivity contribution in [2.24, 2.45) is 5.92 Å². The second kappa shape index (κ2) is 8.78. The monoisotopic (exact) mass is 444 g/mol. The van der Waals surface area contributed by atoms with Crippen LogP contribution in [0.25, 0.3) is 15.9 Å². The number of rotatable bonds is 5. The number of piperidine rings is 1. The first-order valence-electron chi connectivity index (χ1n) is 10.3. The van der Waals surface area contributed by atoms with Crippen molar-refractivity contribution >= 4 is 45.0 Å². The summed E-state index contributed by atoms with van der Waals surface area (Å²) in [6.07, 6.45) is 2.57. The van der Waals surface area contributed by atoms with E-state index >= 15 is 0 Å². The van der Waals surface area contributed by atoms with E-state index in [-0.39, 0.29) is 17.7 Å². The molecular formula is C22H25ClN4O2S. The normalized spacial score (nSPS) is 16.8. The molecule has 1 aliphatic rings. The summed E-state index contributed by atoms with van der Waals surface area (Å²) < 4.78 is 1.81. The van der Waals surface area contributed by atoms with Crippen molar-refractivity contribution in [2.45, 2.75) is 33.1 Å². The second-order valence-corrected chi connectivity index (χ2v) is 9.10. The minimum Gasteiger partial charge on any atom is -0.356 e. The summed E-state index contributed by atoms with van der Waals surface area (Å²) in [6, 6.07) is 9.46. The first kappa shape index (κ1) is 20.9. The van der Waals surface area contributed by atoms with Crippen molar-refractivity contribution in [3.63, 3.8) is 0 Å². The van der Waals surface area contributed by atoms with E-state index in [1.54, 1.807) is 0 Å². The Kier molecular flexibility index (Phi) is 6.11. The lowest BCUT2D eigenvalue weighted by atomic mass is 9.97. The summed E-state index contributed by atoms with van der Waals surface area (Å²) in [5.74, 6) is -0.103. The van der Waals surface area contributed by atoms with Gasteiger partial charge in [-0.3, -0.25) is 9.59 Å². The maximum absolute atomic E-state index is 13.2. The third kappa shape index (κ3) is 3.96. The molecule has 158 valence electrons. The van der Waals surface area contributed by atoms with Gasteiger partial charge in [-0.15, -0.1) is 11.3 Å². The first-order chi connectivity index (χ1) is 14.5. The summed E-state index contributed by atoms with van der Waals surface area (Å²) in [7, 11) is 0. The summed E-state index contributed by atoms with van der Waals surface area (Å²) in [6.45, 7) is 5.80. The Morgan fingerprint density at radius 3 is 2.90 bits per heavy atom. The number of para-hydroxylation sites is 1. The van der Waals surface area contributed by atoms with Crippen LogP contribution in [0, 0.1) is 12.8 Å². The maximum atomic E-state index is 13.2. The van der Waals surface area contributed by atoms with Crippen molar-refractivity contribution in [1.82, 2.24) is 20.0 Å². The van der Waals surface area contributed by atoms with Gasteiger partial charge in [-0.1, -0.05) is 30.7 Å². The van der Waals surface area contributed by atoms with Crippen LogP contribution in [0.5, 0.6) is 0 Å². The van der Waals surface area contributed by atoms with Gasteiger partial charge in [0.25, 0.3) is 5.91 Å². The molecule has 30 heavy (non-hydrogen) atoms. The highest BCUT2D eigenvalue weighted by molar-refractivity contribution is 7.20. The Balaban J connectivity index is 1.59. The van der Waals surface area contributed by atoms with Crippen molar-refractivity contribution in [2.75, 3.05) is 19.6 Å². The second-order valence-electron chi connectivity index (χ2n) is 7.66. The highest BCUT2D eigenvalue weighted by atomic mass is 35.5. The SMILES string of the molecule is CCCNC(=O)C1CCCN(C(=O)c2cc3c(C)nn(-c4ccccc4Cl)c3s2)C1. The number of carbonyl (C=O) groups is 2. The Labute approximate surface area is 184 Å². The van der Waals surface area contributed by atoms with Gasteiger partial charge < -0.3 is 10.2 Å². The van der Waals surface area contributed by atoms with Crippen LogP contribution >= 0.6 is 22.9 Å². The zero-order valence-electron chi connectivity index (χ0n) is 17.2. The molecule has 1 aliphatic heterocycles. The standard InChI is InChI=1S/C22H25ClN4O2S/c1-3-10-24-20(28)15-7-6-11-26(13-15)21(29)19-12-16-14(2)25-27(22(16)30-19)18-9-5-4-8-17(18)23/h4-5,8-9,12,15H,3,6-7,10-11,13H2,1-2H3,(H,24,28). The van der Waals surface area contributed by atoms with Crippen LogP contribution in [0.1, 0.15) is 41.6 Å². The summed E-state index contributed by atoms with van der Waals surface area (Å²) >= 11 is 7.80. The van der Waals surface area contributed by atoms with E-state index in [4.69, 9.17) is 11.6 Å². The molecule has 0 radical (unpaired) electrons. The van der Waals surface area contributed by atoms with Gasteiger partial charge in [0.2, 0.25) is 5.91 Å². The van der Waals surface area contributed by atoms with Gasteiger partial charge in [-0.25, -0.2) is 4.68 Å². The maximum Gasteiger partial charge on any atom is 0.264 e. The number of hydrogen-bond acceptors (Lipinski definition) is 4. The molecule has 1 atom stereocenters. The van der Waals surface area contributed by atoms with Gasteiger partial charge in [0.1, 0.15) is 4.83 Å². The molecule has 0 aliphatic carbocycles. The minimum atomic E-state index is -0.135. The largest absolute Gasteiger partial charge is 0.356 e. The lowest BCUT2D eigenvalue weighted by Crippen LogP contribution is -2.45.